The number of hydrogen-bond acceptors (Lipinski definition) is 3. The predicted molar refractivity (Wildman–Crippen MR) is 99.4 cm³/mol. The molecule has 0 radical (unpaired) electrons. The molecule has 3 rings (SSSR count). The zero-order valence-corrected chi connectivity index (χ0v) is 15.3. The highest BCUT2D eigenvalue weighted by Crippen LogP contribution is 2.37. The van der Waals surface area contributed by atoms with Crippen molar-refractivity contribution in [2.45, 2.75) is 59.8 Å². The maximum Gasteiger partial charge on any atom is 0.178 e. The largest absolute Gasteiger partial charge is 0.508 e. The Morgan fingerprint density at radius 1 is 1.08 bits per heavy atom. The molecule has 1 aromatic heterocycles. The van der Waals surface area contributed by atoms with Crippen LogP contribution in [0.25, 0.3) is 10.9 Å². The minimum Gasteiger partial charge on any atom is -0.508 e. The number of carbonyl (C=O) groups excluding carboxylic acids is 1. The Labute approximate surface area is 145 Å². The average Bonchev–Trinajstić information content (AvgIpc) is 2.55. The van der Waals surface area contributed by atoms with Crippen LogP contribution in [0.4, 0.5) is 0 Å². The minimum absolute atomic E-state index is 0.0556. The quantitative estimate of drug-likeness (QED) is 0.678. The Kier molecular flexibility index (Phi) is 5.98. The summed E-state index contributed by atoms with van der Waals surface area (Å²) >= 11 is 0. The van der Waals surface area contributed by atoms with Crippen LogP contribution in [0.15, 0.2) is 30.3 Å². The van der Waals surface area contributed by atoms with Crippen LogP contribution in [0.2, 0.25) is 0 Å². The number of rotatable bonds is 1. The molecule has 1 fully saturated rings. The summed E-state index contributed by atoms with van der Waals surface area (Å²) < 4.78 is 0. The molecule has 1 heterocycles. The fourth-order valence-electron chi connectivity index (χ4n) is 3.28. The van der Waals surface area contributed by atoms with Crippen molar-refractivity contribution in [2.75, 3.05) is 0 Å². The van der Waals surface area contributed by atoms with Gasteiger partial charge in [-0.15, -0.1) is 0 Å². The third-order valence-corrected chi connectivity index (χ3v) is 4.86. The van der Waals surface area contributed by atoms with Crippen molar-refractivity contribution in [1.29, 1.82) is 0 Å². The minimum atomic E-state index is -0.0556. The second-order valence-corrected chi connectivity index (χ2v) is 7.83. The molecule has 1 N–H and O–H groups in total. The van der Waals surface area contributed by atoms with E-state index in [-0.39, 0.29) is 11.5 Å². The highest BCUT2D eigenvalue weighted by molar-refractivity contribution is 5.94. The van der Waals surface area contributed by atoms with Gasteiger partial charge in [0, 0.05) is 12.3 Å². The molecule has 1 aliphatic carbocycles. The van der Waals surface area contributed by atoms with Crippen LogP contribution < -0.4 is 0 Å². The van der Waals surface area contributed by atoms with Crippen molar-refractivity contribution in [1.82, 2.24) is 4.98 Å². The zero-order valence-electron chi connectivity index (χ0n) is 15.3. The summed E-state index contributed by atoms with van der Waals surface area (Å²) in [6.07, 6.45) is 7.38. The summed E-state index contributed by atoms with van der Waals surface area (Å²) in [7, 11) is 0. The lowest BCUT2D eigenvalue weighted by molar-refractivity contribution is 0.101. The summed E-state index contributed by atoms with van der Waals surface area (Å²) in [6, 6.07) is 8.30. The molecule has 3 heteroatoms. The fraction of sp³-hybridized carbons (Fsp3) is 0.524. The topological polar surface area (TPSA) is 50.2 Å². The van der Waals surface area contributed by atoms with E-state index in [1.807, 2.05) is 0 Å². The molecule has 1 aromatic carbocycles. The summed E-state index contributed by atoms with van der Waals surface area (Å²) in [4.78, 5) is 15.2. The van der Waals surface area contributed by atoms with Gasteiger partial charge in [0.05, 0.1) is 5.52 Å². The van der Waals surface area contributed by atoms with Crippen LogP contribution in [0.5, 0.6) is 5.75 Å². The van der Waals surface area contributed by atoms with Gasteiger partial charge < -0.3 is 5.11 Å². The first-order chi connectivity index (χ1) is 11.3. The van der Waals surface area contributed by atoms with E-state index in [1.165, 1.54) is 39.0 Å². The molecule has 24 heavy (non-hydrogen) atoms. The van der Waals surface area contributed by atoms with Gasteiger partial charge in [-0.3, -0.25) is 4.79 Å². The van der Waals surface area contributed by atoms with Crippen LogP contribution in [-0.4, -0.2) is 15.9 Å². The lowest BCUT2D eigenvalue weighted by atomic mass is 9.72. The van der Waals surface area contributed by atoms with Crippen LogP contribution in [0, 0.1) is 11.3 Å². The Hall–Kier alpha value is -1.90. The van der Waals surface area contributed by atoms with E-state index in [1.54, 1.807) is 30.3 Å². The van der Waals surface area contributed by atoms with Crippen LogP contribution in [-0.2, 0) is 0 Å². The highest BCUT2D eigenvalue weighted by atomic mass is 16.3. The number of benzene rings is 1. The van der Waals surface area contributed by atoms with Gasteiger partial charge in [0.2, 0.25) is 0 Å². The molecule has 0 bridgehead atoms. The van der Waals surface area contributed by atoms with Gasteiger partial charge in [-0.25, -0.2) is 4.98 Å². The van der Waals surface area contributed by atoms with Crippen molar-refractivity contribution in [3.05, 3.63) is 36.0 Å². The Balaban J connectivity index is 0.000000185. The van der Waals surface area contributed by atoms with E-state index in [0.717, 1.165) is 16.8 Å². The fourth-order valence-corrected chi connectivity index (χ4v) is 3.28. The van der Waals surface area contributed by atoms with E-state index in [4.69, 9.17) is 0 Å². The van der Waals surface area contributed by atoms with Crippen molar-refractivity contribution in [3.8, 4) is 5.75 Å². The molecule has 0 saturated heterocycles. The highest BCUT2D eigenvalue weighted by Gasteiger charge is 2.25. The van der Waals surface area contributed by atoms with Crippen molar-refractivity contribution in [2.24, 2.45) is 11.3 Å². The first-order valence-electron chi connectivity index (χ1n) is 8.88. The third-order valence-electron chi connectivity index (χ3n) is 4.86. The number of phenolic OH excluding ortho intramolecular Hbond substituents is 1. The number of pyridine rings is 1. The van der Waals surface area contributed by atoms with E-state index >= 15 is 0 Å². The number of nitrogens with zero attached hydrogens (tertiary/aromatic N) is 1. The molecule has 2 aromatic rings. The number of phenols is 1. The molecule has 1 aliphatic rings. The van der Waals surface area contributed by atoms with E-state index in [9.17, 15) is 9.90 Å². The van der Waals surface area contributed by atoms with E-state index < -0.39 is 0 Å². The van der Waals surface area contributed by atoms with Crippen LogP contribution in [0.1, 0.15) is 70.3 Å². The van der Waals surface area contributed by atoms with Gasteiger partial charge in [-0.1, -0.05) is 46.1 Å². The third kappa shape index (κ3) is 5.05. The number of hydrogen-bond donors (Lipinski definition) is 1. The molecule has 0 spiro atoms. The van der Waals surface area contributed by atoms with Gasteiger partial charge in [-0.05, 0) is 48.4 Å². The maximum atomic E-state index is 11.0. The normalized spacial score (nSPS) is 15.7. The lowest BCUT2D eigenvalue weighted by Crippen LogP contribution is -2.22. The molecular formula is C21H29NO2. The molecule has 0 amide bonds. The van der Waals surface area contributed by atoms with Crippen LogP contribution in [0.3, 0.4) is 0 Å². The first-order valence-corrected chi connectivity index (χ1v) is 8.88. The number of Topliss-reactive ketones (excluding diaryl/α,β-unsaturated/α-hetero) is 1. The van der Waals surface area contributed by atoms with Gasteiger partial charge in [-0.2, -0.15) is 0 Å². The Morgan fingerprint density at radius 2 is 1.75 bits per heavy atom. The molecule has 0 aliphatic heterocycles. The molecule has 0 unspecified atom stereocenters. The van der Waals surface area contributed by atoms with Crippen molar-refractivity contribution >= 4 is 16.7 Å². The summed E-state index contributed by atoms with van der Waals surface area (Å²) in [5.41, 5.74) is 1.74. The van der Waals surface area contributed by atoms with E-state index in [0.29, 0.717) is 11.1 Å². The van der Waals surface area contributed by atoms with Gasteiger partial charge in [0.15, 0.2) is 5.78 Å². The maximum absolute atomic E-state index is 11.0. The molecule has 0 atom stereocenters. The van der Waals surface area contributed by atoms with Crippen molar-refractivity contribution in [3.63, 3.8) is 0 Å². The first kappa shape index (κ1) is 18.4. The molecule has 130 valence electrons. The monoisotopic (exact) mass is 327 g/mol. The number of aromatic nitrogens is 1. The van der Waals surface area contributed by atoms with Gasteiger partial charge in [0.25, 0.3) is 0 Å². The Bertz CT molecular complexity index is 695. The number of carbonyl (C=O) groups is 1. The molecule has 3 nitrogen and oxygen atoms in total. The average molecular weight is 327 g/mol. The number of ketones is 1. The second-order valence-electron chi connectivity index (χ2n) is 7.83. The number of fused-ring (bicyclic) bond motifs is 1. The lowest BCUT2D eigenvalue weighted by Gasteiger charge is -2.33. The SMILES string of the molecule is CC(=O)c1ccc2cc(O)ccc2n1.CC(C)(C)C1CCCCC1. The zero-order chi connectivity index (χ0) is 17.7. The second kappa shape index (κ2) is 7.78. The smallest absolute Gasteiger partial charge is 0.178 e. The van der Waals surface area contributed by atoms with Crippen LogP contribution >= 0.6 is 0 Å². The van der Waals surface area contributed by atoms with Gasteiger partial charge in [0.1, 0.15) is 11.4 Å². The summed E-state index contributed by atoms with van der Waals surface area (Å²) in [6.45, 7) is 8.61. The summed E-state index contributed by atoms with van der Waals surface area (Å²) in [5.74, 6) is 1.15. The predicted octanol–water partition coefficient (Wildman–Crippen LogP) is 5.76. The molecular weight excluding hydrogens is 298 g/mol. The standard InChI is InChI=1S/C11H9NO2.C10H20/c1-7(13)10-4-2-8-6-9(14)3-5-11(8)12-10;1-10(2,3)9-7-5-4-6-8-9/h2-6,14H,1H3;9H,4-8H2,1-3H3. The summed E-state index contributed by atoms with van der Waals surface area (Å²) in [5, 5.41) is 10.0. The Morgan fingerprint density at radius 3 is 2.29 bits per heavy atom. The molecule has 1 saturated carbocycles. The number of aromatic hydroxyl groups is 1. The van der Waals surface area contributed by atoms with E-state index in [2.05, 4.69) is 25.8 Å². The van der Waals surface area contributed by atoms with Crippen molar-refractivity contribution < 1.29 is 9.90 Å². The van der Waals surface area contributed by atoms with Gasteiger partial charge >= 0.3 is 0 Å².